The van der Waals surface area contributed by atoms with E-state index in [0.717, 1.165) is 29.9 Å². The third-order valence-electron chi connectivity index (χ3n) is 4.01. The number of nitrogens with zero attached hydrogens (tertiary/aromatic N) is 1. The standard InChI is InChI=1S/C19H21FN2.ClH/c20-17-12-10-16(11-13-17)19(15-7-3-1-4-8-15)22-18-9-5-2-6-14-21-18;/h1,3-4,7-8,10-13,19H,2,5-6,9,14H2,(H,21,22);1H. The van der Waals surface area contributed by atoms with Crippen LogP contribution in [0.25, 0.3) is 0 Å². The van der Waals surface area contributed by atoms with Gasteiger partial charge in [0.25, 0.3) is 0 Å². The van der Waals surface area contributed by atoms with Crippen LogP contribution in [0, 0.1) is 5.82 Å². The van der Waals surface area contributed by atoms with Crippen LogP contribution in [0.4, 0.5) is 4.39 Å². The molecule has 2 aromatic rings. The van der Waals surface area contributed by atoms with Crippen LogP contribution in [0.5, 0.6) is 0 Å². The van der Waals surface area contributed by atoms with Gasteiger partial charge in [0.15, 0.2) is 0 Å². The number of halogens is 2. The molecule has 0 aliphatic carbocycles. The maximum absolute atomic E-state index is 13.2. The summed E-state index contributed by atoms with van der Waals surface area (Å²) >= 11 is 0. The second-order valence-electron chi connectivity index (χ2n) is 5.68. The molecule has 0 amide bonds. The van der Waals surface area contributed by atoms with Gasteiger partial charge < -0.3 is 5.32 Å². The van der Waals surface area contributed by atoms with Crippen molar-refractivity contribution in [3.63, 3.8) is 0 Å². The lowest BCUT2D eigenvalue weighted by Crippen LogP contribution is -2.23. The van der Waals surface area contributed by atoms with E-state index in [1.165, 1.54) is 31.4 Å². The van der Waals surface area contributed by atoms with Crippen LogP contribution in [0.2, 0.25) is 0 Å². The van der Waals surface area contributed by atoms with E-state index in [9.17, 15) is 4.39 Å². The fourth-order valence-corrected chi connectivity index (χ4v) is 2.80. The van der Waals surface area contributed by atoms with Crippen LogP contribution in [0.15, 0.2) is 59.6 Å². The van der Waals surface area contributed by atoms with Gasteiger partial charge in [0.2, 0.25) is 0 Å². The molecule has 0 spiro atoms. The molecular weight excluding hydrogens is 311 g/mol. The van der Waals surface area contributed by atoms with E-state index < -0.39 is 0 Å². The average molecular weight is 333 g/mol. The van der Waals surface area contributed by atoms with Crippen molar-refractivity contribution in [3.05, 3.63) is 71.5 Å². The molecule has 1 unspecified atom stereocenters. The van der Waals surface area contributed by atoms with Crippen molar-refractivity contribution in [1.82, 2.24) is 5.32 Å². The summed E-state index contributed by atoms with van der Waals surface area (Å²) in [5, 5.41) is 3.44. The van der Waals surface area contributed by atoms with E-state index in [1.54, 1.807) is 0 Å². The number of benzene rings is 2. The van der Waals surface area contributed by atoms with Gasteiger partial charge in [-0.05, 0) is 36.1 Å². The van der Waals surface area contributed by atoms with Crippen molar-refractivity contribution >= 4 is 18.2 Å². The number of hydrogen-bond acceptors (Lipinski definition) is 1. The van der Waals surface area contributed by atoms with E-state index in [4.69, 9.17) is 4.99 Å². The lowest BCUT2D eigenvalue weighted by molar-refractivity contribution is 0.626. The molecule has 1 fully saturated rings. The Labute approximate surface area is 143 Å². The molecule has 0 aromatic heterocycles. The van der Waals surface area contributed by atoms with Crippen molar-refractivity contribution in [2.75, 3.05) is 6.54 Å². The third kappa shape index (κ3) is 4.80. The number of amidine groups is 1. The highest BCUT2D eigenvalue weighted by molar-refractivity contribution is 5.85. The summed E-state index contributed by atoms with van der Waals surface area (Å²) in [6.07, 6.45) is 4.62. The number of hydrogen-bond donors (Lipinski definition) is 1. The fraction of sp³-hybridized carbons (Fsp3) is 0.316. The zero-order valence-electron chi connectivity index (χ0n) is 13.0. The van der Waals surface area contributed by atoms with E-state index in [1.807, 2.05) is 30.3 Å². The fourth-order valence-electron chi connectivity index (χ4n) is 2.80. The molecule has 1 aliphatic rings. The Morgan fingerprint density at radius 1 is 0.870 bits per heavy atom. The van der Waals surface area contributed by atoms with Crippen LogP contribution < -0.4 is 5.32 Å². The Kier molecular flexibility index (Phi) is 6.60. The van der Waals surface area contributed by atoms with Crippen molar-refractivity contribution in [3.8, 4) is 0 Å². The van der Waals surface area contributed by atoms with E-state index >= 15 is 0 Å². The molecule has 2 nitrogen and oxygen atoms in total. The Balaban J connectivity index is 0.00000192. The second kappa shape index (κ2) is 8.68. The summed E-state index contributed by atoms with van der Waals surface area (Å²) < 4.78 is 13.2. The van der Waals surface area contributed by atoms with E-state index in [0.29, 0.717) is 0 Å². The molecule has 2 aromatic carbocycles. The first kappa shape index (κ1) is 17.5. The molecule has 1 atom stereocenters. The number of nitrogens with one attached hydrogen (secondary N) is 1. The zero-order chi connectivity index (χ0) is 15.2. The summed E-state index contributed by atoms with van der Waals surface area (Å²) in [5.41, 5.74) is 2.15. The van der Waals surface area contributed by atoms with Crippen LogP contribution in [-0.2, 0) is 0 Å². The average Bonchev–Trinajstić information content (AvgIpc) is 2.83. The van der Waals surface area contributed by atoms with Gasteiger partial charge in [0.1, 0.15) is 11.9 Å². The molecule has 1 heterocycles. The molecular formula is C19H22ClFN2. The van der Waals surface area contributed by atoms with Crippen LogP contribution in [-0.4, -0.2) is 12.4 Å². The molecule has 1 N–H and O–H groups in total. The normalized spacial score (nSPS) is 17.7. The van der Waals surface area contributed by atoms with Gasteiger partial charge in [-0.3, -0.25) is 4.99 Å². The molecule has 0 bridgehead atoms. The smallest absolute Gasteiger partial charge is 0.123 e. The van der Waals surface area contributed by atoms with E-state index in [-0.39, 0.29) is 24.3 Å². The molecule has 0 saturated carbocycles. The molecule has 4 heteroatoms. The Bertz CT molecular complexity index is 616. The molecule has 0 radical (unpaired) electrons. The number of aliphatic imine (C=N–C) groups is 1. The predicted octanol–water partition coefficient (Wildman–Crippen LogP) is 4.90. The first-order valence-corrected chi connectivity index (χ1v) is 7.94. The highest BCUT2D eigenvalue weighted by Gasteiger charge is 2.15. The monoisotopic (exact) mass is 332 g/mol. The van der Waals surface area contributed by atoms with Crippen molar-refractivity contribution in [2.24, 2.45) is 4.99 Å². The summed E-state index contributed by atoms with van der Waals surface area (Å²) in [6, 6.07) is 16.8. The van der Waals surface area contributed by atoms with E-state index in [2.05, 4.69) is 17.4 Å². The van der Waals surface area contributed by atoms with Gasteiger partial charge >= 0.3 is 0 Å². The van der Waals surface area contributed by atoms with Gasteiger partial charge in [-0.25, -0.2) is 4.39 Å². The molecule has 23 heavy (non-hydrogen) atoms. The highest BCUT2D eigenvalue weighted by Crippen LogP contribution is 2.27. The van der Waals surface area contributed by atoms with Gasteiger partial charge in [-0.15, -0.1) is 12.4 Å². The summed E-state index contributed by atoms with van der Waals surface area (Å²) in [6.45, 7) is 0.990. The maximum atomic E-state index is 13.2. The van der Waals surface area contributed by atoms with Gasteiger partial charge in [-0.1, -0.05) is 48.9 Å². The van der Waals surface area contributed by atoms with Crippen molar-refractivity contribution in [2.45, 2.75) is 31.7 Å². The van der Waals surface area contributed by atoms with Crippen LogP contribution in [0.1, 0.15) is 42.9 Å². The Hall–Kier alpha value is -1.87. The molecule has 3 rings (SSSR count). The maximum Gasteiger partial charge on any atom is 0.123 e. The molecule has 122 valence electrons. The Morgan fingerprint density at radius 2 is 1.57 bits per heavy atom. The van der Waals surface area contributed by atoms with Crippen molar-refractivity contribution in [1.29, 1.82) is 0 Å². The largest absolute Gasteiger partial charge is 0.374 e. The SMILES string of the molecule is Cl.Fc1ccc(C(N=C2CCCCCN2)c2ccccc2)cc1. The van der Waals surface area contributed by atoms with Gasteiger partial charge in [-0.2, -0.15) is 0 Å². The molecule has 1 saturated heterocycles. The molecule has 1 aliphatic heterocycles. The number of rotatable bonds is 3. The summed E-state index contributed by atoms with van der Waals surface area (Å²) in [7, 11) is 0. The zero-order valence-corrected chi connectivity index (χ0v) is 13.9. The minimum atomic E-state index is -0.212. The minimum absolute atomic E-state index is 0. The predicted molar refractivity (Wildman–Crippen MR) is 95.8 cm³/mol. The summed E-state index contributed by atoms with van der Waals surface area (Å²) in [4.78, 5) is 4.95. The summed E-state index contributed by atoms with van der Waals surface area (Å²) in [5.74, 6) is 0.853. The quantitative estimate of drug-likeness (QED) is 0.849. The van der Waals surface area contributed by atoms with Crippen LogP contribution in [0.3, 0.4) is 0 Å². The van der Waals surface area contributed by atoms with Gasteiger partial charge in [0, 0.05) is 13.0 Å². The van der Waals surface area contributed by atoms with Crippen molar-refractivity contribution < 1.29 is 4.39 Å². The Morgan fingerprint density at radius 3 is 2.30 bits per heavy atom. The topological polar surface area (TPSA) is 24.4 Å². The second-order valence-corrected chi connectivity index (χ2v) is 5.68. The third-order valence-corrected chi connectivity index (χ3v) is 4.01. The van der Waals surface area contributed by atoms with Crippen LogP contribution >= 0.6 is 12.4 Å². The minimum Gasteiger partial charge on any atom is -0.374 e. The van der Waals surface area contributed by atoms with Gasteiger partial charge in [0.05, 0.1) is 5.84 Å². The lowest BCUT2D eigenvalue weighted by Gasteiger charge is -2.16. The first-order valence-electron chi connectivity index (χ1n) is 7.94. The first-order chi connectivity index (χ1) is 10.8. The lowest BCUT2D eigenvalue weighted by atomic mass is 9.99. The highest BCUT2D eigenvalue weighted by atomic mass is 35.5.